The van der Waals surface area contributed by atoms with E-state index in [0.29, 0.717) is 30.0 Å². The minimum Gasteiger partial charge on any atom is -0.383 e. The van der Waals surface area contributed by atoms with Crippen molar-refractivity contribution in [2.24, 2.45) is 5.73 Å². The molecule has 0 heterocycles. The molecule has 1 atom stereocenters. The normalized spacial score (nSPS) is 14.6. The summed E-state index contributed by atoms with van der Waals surface area (Å²) in [5, 5.41) is 10.8. The first-order chi connectivity index (χ1) is 8.03. The van der Waals surface area contributed by atoms with E-state index in [1.165, 1.54) is 25.3 Å². The molecular formula is C12H17ClFNO2. The van der Waals surface area contributed by atoms with E-state index in [1.54, 1.807) is 0 Å². The van der Waals surface area contributed by atoms with Crippen LogP contribution in [0.3, 0.4) is 0 Å². The summed E-state index contributed by atoms with van der Waals surface area (Å²) in [5.41, 5.74) is 4.46. The van der Waals surface area contributed by atoms with Gasteiger partial charge in [-0.25, -0.2) is 4.39 Å². The van der Waals surface area contributed by atoms with Gasteiger partial charge in [0.05, 0.1) is 6.61 Å². The molecule has 3 N–H and O–H groups in total. The number of rotatable bonds is 6. The number of halogens is 2. The molecule has 0 aromatic heterocycles. The quantitative estimate of drug-likeness (QED) is 0.824. The van der Waals surface area contributed by atoms with Crippen molar-refractivity contribution in [1.82, 2.24) is 0 Å². The standard InChI is InChI=1S/C12H17ClFNO2/c1-17-8-12(16,5-2-6-15)10-7-9(14)3-4-11(10)13/h3-4,7,16H,2,5-6,8,15H2,1H3. The molecule has 96 valence electrons. The summed E-state index contributed by atoms with van der Waals surface area (Å²) in [5.74, 6) is -0.438. The molecule has 0 bridgehead atoms. The lowest BCUT2D eigenvalue weighted by molar-refractivity contribution is -0.0430. The molecule has 0 fully saturated rings. The van der Waals surface area contributed by atoms with Crippen molar-refractivity contribution >= 4 is 11.6 Å². The van der Waals surface area contributed by atoms with Crippen molar-refractivity contribution in [3.63, 3.8) is 0 Å². The average molecular weight is 262 g/mol. The van der Waals surface area contributed by atoms with Gasteiger partial charge in [-0.05, 0) is 37.6 Å². The van der Waals surface area contributed by atoms with Gasteiger partial charge >= 0.3 is 0 Å². The Balaban J connectivity index is 3.07. The SMILES string of the molecule is COCC(O)(CCCN)c1cc(F)ccc1Cl. The average Bonchev–Trinajstić information content (AvgIpc) is 2.30. The van der Waals surface area contributed by atoms with Crippen molar-refractivity contribution in [1.29, 1.82) is 0 Å². The van der Waals surface area contributed by atoms with Crippen LogP contribution in [0, 0.1) is 5.82 Å². The molecule has 1 aromatic rings. The van der Waals surface area contributed by atoms with E-state index >= 15 is 0 Å². The molecule has 0 radical (unpaired) electrons. The molecule has 0 saturated heterocycles. The van der Waals surface area contributed by atoms with Gasteiger partial charge in [0.25, 0.3) is 0 Å². The highest BCUT2D eigenvalue weighted by Gasteiger charge is 2.31. The lowest BCUT2D eigenvalue weighted by Gasteiger charge is -2.28. The van der Waals surface area contributed by atoms with Crippen LogP contribution in [0.4, 0.5) is 4.39 Å². The van der Waals surface area contributed by atoms with E-state index in [-0.39, 0.29) is 6.61 Å². The van der Waals surface area contributed by atoms with Crippen LogP contribution in [0.15, 0.2) is 18.2 Å². The number of benzene rings is 1. The zero-order valence-electron chi connectivity index (χ0n) is 9.75. The summed E-state index contributed by atoms with van der Waals surface area (Å²) in [4.78, 5) is 0. The van der Waals surface area contributed by atoms with Crippen LogP contribution in [0.5, 0.6) is 0 Å². The summed E-state index contributed by atoms with van der Waals surface area (Å²) in [7, 11) is 1.47. The highest BCUT2D eigenvalue weighted by atomic mass is 35.5. The summed E-state index contributed by atoms with van der Waals surface area (Å²) < 4.78 is 18.2. The fraction of sp³-hybridized carbons (Fsp3) is 0.500. The largest absolute Gasteiger partial charge is 0.383 e. The summed E-state index contributed by atoms with van der Waals surface area (Å²) in [6, 6.07) is 3.91. The Labute approximate surface area is 105 Å². The highest BCUT2D eigenvalue weighted by molar-refractivity contribution is 6.31. The predicted molar refractivity (Wildman–Crippen MR) is 65.5 cm³/mol. The van der Waals surface area contributed by atoms with E-state index in [0.717, 1.165) is 0 Å². The van der Waals surface area contributed by atoms with Crippen LogP contribution in [0.25, 0.3) is 0 Å². The van der Waals surface area contributed by atoms with Crippen LogP contribution in [0.2, 0.25) is 5.02 Å². The molecule has 0 aliphatic carbocycles. The summed E-state index contributed by atoms with van der Waals surface area (Å²) >= 11 is 5.98. The Kier molecular flexibility index (Phi) is 5.33. The van der Waals surface area contributed by atoms with E-state index in [9.17, 15) is 9.50 Å². The molecule has 0 saturated carbocycles. The van der Waals surface area contributed by atoms with Crippen molar-refractivity contribution in [3.8, 4) is 0 Å². The third kappa shape index (κ3) is 3.64. The fourth-order valence-electron chi connectivity index (χ4n) is 1.77. The highest BCUT2D eigenvalue weighted by Crippen LogP contribution is 2.32. The minimum absolute atomic E-state index is 0.0518. The molecule has 1 rings (SSSR count). The van der Waals surface area contributed by atoms with E-state index < -0.39 is 11.4 Å². The molecular weight excluding hydrogens is 245 g/mol. The van der Waals surface area contributed by atoms with Gasteiger partial charge in [0.15, 0.2) is 0 Å². The zero-order chi connectivity index (χ0) is 12.9. The Morgan fingerprint density at radius 1 is 1.53 bits per heavy atom. The van der Waals surface area contributed by atoms with Crippen molar-refractivity contribution < 1.29 is 14.2 Å². The third-order valence-electron chi connectivity index (χ3n) is 2.61. The van der Waals surface area contributed by atoms with Gasteiger partial charge in [0.2, 0.25) is 0 Å². The van der Waals surface area contributed by atoms with Crippen molar-refractivity contribution in [2.75, 3.05) is 20.3 Å². The molecule has 1 unspecified atom stereocenters. The smallest absolute Gasteiger partial charge is 0.123 e. The molecule has 0 aliphatic rings. The van der Waals surface area contributed by atoms with E-state index in [2.05, 4.69) is 0 Å². The second kappa shape index (κ2) is 6.31. The molecule has 3 nitrogen and oxygen atoms in total. The van der Waals surface area contributed by atoms with Gasteiger partial charge in [-0.2, -0.15) is 0 Å². The summed E-state index contributed by atoms with van der Waals surface area (Å²) in [6.07, 6.45) is 0.979. The number of ether oxygens (including phenoxy) is 1. The molecule has 0 aliphatic heterocycles. The topological polar surface area (TPSA) is 55.5 Å². The first kappa shape index (κ1) is 14.4. The zero-order valence-corrected chi connectivity index (χ0v) is 10.5. The number of hydrogen-bond acceptors (Lipinski definition) is 3. The molecule has 17 heavy (non-hydrogen) atoms. The third-order valence-corrected chi connectivity index (χ3v) is 2.94. The van der Waals surface area contributed by atoms with Crippen LogP contribution in [0.1, 0.15) is 18.4 Å². The van der Waals surface area contributed by atoms with Crippen LogP contribution in [-0.2, 0) is 10.3 Å². The minimum atomic E-state index is -1.30. The maximum absolute atomic E-state index is 13.2. The van der Waals surface area contributed by atoms with E-state index in [4.69, 9.17) is 22.1 Å². The molecule has 0 amide bonds. The van der Waals surface area contributed by atoms with Crippen molar-refractivity contribution in [2.45, 2.75) is 18.4 Å². The Morgan fingerprint density at radius 3 is 2.82 bits per heavy atom. The van der Waals surface area contributed by atoms with Gasteiger partial charge in [-0.1, -0.05) is 11.6 Å². The second-order valence-electron chi connectivity index (χ2n) is 3.98. The van der Waals surface area contributed by atoms with Gasteiger partial charge in [-0.3, -0.25) is 0 Å². The van der Waals surface area contributed by atoms with Crippen molar-refractivity contribution in [3.05, 3.63) is 34.6 Å². The first-order valence-corrected chi connectivity index (χ1v) is 5.78. The molecule has 0 spiro atoms. The second-order valence-corrected chi connectivity index (χ2v) is 4.39. The number of nitrogens with two attached hydrogens (primary N) is 1. The van der Waals surface area contributed by atoms with Crippen LogP contribution < -0.4 is 5.73 Å². The van der Waals surface area contributed by atoms with Crippen LogP contribution in [-0.4, -0.2) is 25.4 Å². The number of hydrogen-bond donors (Lipinski definition) is 2. The monoisotopic (exact) mass is 261 g/mol. The summed E-state index contributed by atoms with van der Waals surface area (Å²) in [6.45, 7) is 0.495. The first-order valence-electron chi connectivity index (χ1n) is 5.40. The molecule has 1 aromatic carbocycles. The number of aliphatic hydroxyl groups is 1. The van der Waals surface area contributed by atoms with Gasteiger partial charge < -0.3 is 15.6 Å². The maximum atomic E-state index is 13.2. The number of methoxy groups -OCH3 is 1. The van der Waals surface area contributed by atoms with E-state index in [1.807, 2.05) is 0 Å². The van der Waals surface area contributed by atoms with Gasteiger partial charge in [-0.15, -0.1) is 0 Å². The predicted octanol–water partition coefficient (Wildman–Crippen LogP) is 2.05. The van der Waals surface area contributed by atoms with Gasteiger partial charge in [0, 0.05) is 17.7 Å². The lowest BCUT2D eigenvalue weighted by atomic mass is 9.89. The van der Waals surface area contributed by atoms with Crippen LogP contribution >= 0.6 is 11.6 Å². The Morgan fingerprint density at radius 2 is 2.24 bits per heavy atom. The Hall–Kier alpha value is -0.680. The molecule has 5 heteroatoms. The van der Waals surface area contributed by atoms with Gasteiger partial charge in [0.1, 0.15) is 11.4 Å². The Bertz CT molecular complexity index is 376. The fourth-order valence-corrected chi connectivity index (χ4v) is 2.07. The maximum Gasteiger partial charge on any atom is 0.123 e. The lowest BCUT2D eigenvalue weighted by Crippen LogP contribution is -2.32.